The van der Waals surface area contributed by atoms with Gasteiger partial charge in [0.25, 0.3) is 0 Å². The first kappa shape index (κ1) is 13.8. The molecule has 1 rings (SSSR count). The number of rotatable bonds is 2. The Labute approximate surface area is 99.8 Å². The summed E-state index contributed by atoms with van der Waals surface area (Å²) in [6, 6.07) is 9.84. The summed E-state index contributed by atoms with van der Waals surface area (Å²) in [5.41, 5.74) is 6.58. The molecule has 3 nitrogen and oxygen atoms in total. The van der Waals surface area contributed by atoms with Gasteiger partial charge in [0.05, 0.1) is 12.5 Å². The average molecular weight is 242 g/mol. The zero-order valence-corrected chi connectivity index (χ0v) is 9.94. The smallest absolute Gasteiger partial charge is 0.158 e. The number of nitrogens with zero attached hydrogens (tertiary/aromatic N) is 2. The largest absolute Gasteiger partial charge is 0.378 e. The molecule has 0 amide bonds. The molecule has 0 fully saturated rings. The summed E-state index contributed by atoms with van der Waals surface area (Å²) in [6.07, 6.45) is 0.428. The zero-order valence-electron chi connectivity index (χ0n) is 8.30. The molecule has 0 saturated heterocycles. The topological polar surface area (TPSA) is 62.2 Å². The van der Waals surface area contributed by atoms with Crippen LogP contribution >= 0.6 is 24.2 Å². The Morgan fingerprint density at radius 2 is 2.33 bits per heavy atom. The molecule has 15 heavy (non-hydrogen) atoms. The minimum Gasteiger partial charge on any atom is -0.378 e. The molecule has 0 radical (unpaired) electrons. The van der Waals surface area contributed by atoms with Crippen LogP contribution < -0.4 is 5.73 Å². The lowest BCUT2D eigenvalue weighted by atomic mass is 10.2. The third-order valence-corrected chi connectivity index (χ3v) is 2.51. The van der Waals surface area contributed by atoms with E-state index in [4.69, 9.17) is 11.0 Å². The number of thioether (sulfide) groups is 1. The lowest BCUT2D eigenvalue weighted by molar-refractivity contribution is 1.23. The van der Waals surface area contributed by atoms with Crippen molar-refractivity contribution in [3.63, 3.8) is 0 Å². The Hall–Kier alpha value is -1.18. The monoisotopic (exact) mass is 241 g/mol. The van der Waals surface area contributed by atoms with Crippen molar-refractivity contribution in [3.8, 4) is 6.07 Å². The number of benzene rings is 1. The van der Waals surface area contributed by atoms with E-state index < -0.39 is 0 Å². The van der Waals surface area contributed by atoms with E-state index in [0.717, 1.165) is 10.5 Å². The number of amidine groups is 1. The van der Waals surface area contributed by atoms with Crippen LogP contribution in [0.15, 0.2) is 34.2 Å². The van der Waals surface area contributed by atoms with E-state index in [1.54, 1.807) is 7.05 Å². The molecule has 2 N–H and O–H groups in total. The Bertz CT molecular complexity index is 384. The van der Waals surface area contributed by atoms with Crippen molar-refractivity contribution in [2.24, 2.45) is 10.7 Å². The fourth-order valence-corrected chi connectivity index (χ4v) is 1.67. The molecule has 0 unspecified atom stereocenters. The lowest BCUT2D eigenvalue weighted by Gasteiger charge is -2.01. The van der Waals surface area contributed by atoms with Crippen molar-refractivity contribution in [3.05, 3.63) is 29.8 Å². The van der Waals surface area contributed by atoms with Crippen LogP contribution in [0.25, 0.3) is 0 Å². The summed E-state index contributed by atoms with van der Waals surface area (Å²) < 4.78 is 0. The van der Waals surface area contributed by atoms with E-state index in [-0.39, 0.29) is 12.4 Å². The van der Waals surface area contributed by atoms with Gasteiger partial charge in [-0.15, -0.1) is 12.4 Å². The van der Waals surface area contributed by atoms with Crippen molar-refractivity contribution in [2.45, 2.75) is 11.3 Å². The highest BCUT2D eigenvalue weighted by Crippen LogP contribution is 2.18. The van der Waals surface area contributed by atoms with E-state index in [2.05, 4.69) is 11.1 Å². The molecular weight excluding hydrogens is 230 g/mol. The van der Waals surface area contributed by atoms with Gasteiger partial charge in [0.15, 0.2) is 5.17 Å². The highest BCUT2D eigenvalue weighted by atomic mass is 35.5. The second kappa shape index (κ2) is 7.16. The number of halogens is 1. The summed E-state index contributed by atoms with van der Waals surface area (Å²) in [7, 11) is 1.65. The molecule has 0 saturated carbocycles. The predicted molar refractivity (Wildman–Crippen MR) is 66.4 cm³/mol. The van der Waals surface area contributed by atoms with E-state index in [9.17, 15) is 0 Å². The molecule has 0 aromatic heterocycles. The number of hydrogen-bond acceptors (Lipinski definition) is 3. The summed E-state index contributed by atoms with van der Waals surface area (Å²) in [6.45, 7) is 0. The third-order valence-electron chi connectivity index (χ3n) is 1.62. The van der Waals surface area contributed by atoms with Crippen LogP contribution in [0.5, 0.6) is 0 Å². The van der Waals surface area contributed by atoms with Gasteiger partial charge in [0.1, 0.15) is 0 Å². The highest BCUT2D eigenvalue weighted by Gasteiger charge is 1.98. The van der Waals surface area contributed by atoms with E-state index in [1.807, 2.05) is 24.3 Å². The average Bonchev–Trinajstić information content (AvgIpc) is 2.19. The standard InChI is InChI=1S/C10H11N3S.ClH/c1-13-10(12)14-9-4-2-3-8(7-9)5-6-11;/h2-4,7H,5H2,1H3,(H2,12,13);1H. The van der Waals surface area contributed by atoms with Gasteiger partial charge < -0.3 is 5.73 Å². The molecule has 1 aromatic carbocycles. The fourth-order valence-electron chi connectivity index (χ4n) is 0.977. The number of hydrogen-bond donors (Lipinski definition) is 1. The van der Waals surface area contributed by atoms with Crippen molar-refractivity contribution in [2.75, 3.05) is 7.05 Å². The second-order valence-corrected chi connectivity index (χ2v) is 3.74. The van der Waals surface area contributed by atoms with Crippen molar-refractivity contribution < 1.29 is 0 Å². The lowest BCUT2D eigenvalue weighted by Crippen LogP contribution is -2.05. The van der Waals surface area contributed by atoms with Crippen molar-refractivity contribution in [1.82, 2.24) is 0 Å². The Balaban J connectivity index is 0.00000196. The minimum atomic E-state index is 0. The van der Waals surface area contributed by atoms with Gasteiger partial charge in [0.2, 0.25) is 0 Å². The Morgan fingerprint density at radius 1 is 1.60 bits per heavy atom. The molecule has 80 valence electrons. The highest BCUT2D eigenvalue weighted by molar-refractivity contribution is 8.13. The molecule has 1 aromatic rings. The summed E-state index contributed by atoms with van der Waals surface area (Å²) in [5, 5.41) is 9.06. The maximum Gasteiger partial charge on any atom is 0.158 e. The number of nitriles is 1. The van der Waals surface area contributed by atoms with Crippen LogP contribution in [0.1, 0.15) is 5.56 Å². The first-order valence-corrected chi connectivity index (χ1v) is 4.94. The van der Waals surface area contributed by atoms with Crippen LogP contribution in [-0.2, 0) is 6.42 Å². The van der Waals surface area contributed by atoms with Crippen LogP contribution in [0.3, 0.4) is 0 Å². The van der Waals surface area contributed by atoms with E-state index in [1.165, 1.54) is 11.8 Å². The molecule has 0 heterocycles. The van der Waals surface area contributed by atoms with Crippen molar-refractivity contribution >= 4 is 29.3 Å². The van der Waals surface area contributed by atoms with Gasteiger partial charge in [-0.1, -0.05) is 23.9 Å². The van der Waals surface area contributed by atoms with E-state index >= 15 is 0 Å². The SMILES string of the molecule is CN=C(N)Sc1cccc(CC#N)c1.Cl. The minimum absolute atomic E-state index is 0. The molecule has 0 aliphatic heterocycles. The molecule has 0 aliphatic rings. The van der Waals surface area contributed by atoms with Gasteiger partial charge in [-0.25, -0.2) is 0 Å². The predicted octanol–water partition coefficient (Wildman–Crippen LogP) is 2.21. The summed E-state index contributed by atoms with van der Waals surface area (Å²) in [5.74, 6) is 0. The first-order chi connectivity index (χ1) is 6.76. The third kappa shape index (κ3) is 4.73. The molecule has 0 bridgehead atoms. The Kier molecular flexibility index (Phi) is 6.59. The number of nitrogens with two attached hydrogens (primary N) is 1. The van der Waals surface area contributed by atoms with Gasteiger partial charge in [-0.05, 0) is 17.7 Å². The summed E-state index contributed by atoms with van der Waals surface area (Å²) >= 11 is 1.40. The van der Waals surface area contributed by atoms with Gasteiger partial charge >= 0.3 is 0 Å². The summed E-state index contributed by atoms with van der Waals surface area (Å²) in [4.78, 5) is 4.87. The molecule has 0 atom stereocenters. The second-order valence-electron chi connectivity index (χ2n) is 2.65. The number of aliphatic imine (C=N–C) groups is 1. The van der Waals surface area contributed by atoms with Crippen LogP contribution in [0.2, 0.25) is 0 Å². The van der Waals surface area contributed by atoms with Crippen LogP contribution in [-0.4, -0.2) is 12.2 Å². The Morgan fingerprint density at radius 3 is 2.93 bits per heavy atom. The zero-order chi connectivity index (χ0) is 10.4. The normalized spacial score (nSPS) is 10.3. The maximum atomic E-state index is 8.53. The molecular formula is C10H12ClN3S. The van der Waals surface area contributed by atoms with Crippen LogP contribution in [0.4, 0.5) is 0 Å². The maximum absolute atomic E-state index is 8.53. The molecule has 0 aliphatic carbocycles. The van der Waals surface area contributed by atoms with Crippen LogP contribution in [0, 0.1) is 11.3 Å². The van der Waals surface area contributed by atoms with E-state index in [0.29, 0.717) is 11.6 Å². The fraction of sp³-hybridized carbons (Fsp3) is 0.200. The molecule has 5 heteroatoms. The van der Waals surface area contributed by atoms with Gasteiger partial charge in [-0.2, -0.15) is 5.26 Å². The quantitative estimate of drug-likeness (QED) is 0.491. The van der Waals surface area contributed by atoms with Gasteiger partial charge in [0, 0.05) is 11.9 Å². The van der Waals surface area contributed by atoms with Gasteiger partial charge in [-0.3, -0.25) is 4.99 Å². The molecule has 0 spiro atoms. The van der Waals surface area contributed by atoms with Crippen molar-refractivity contribution in [1.29, 1.82) is 5.26 Å². The first-order valence-electron chi connectivity index (χ1n) is 4.12.